The first-order valence-electron chi connectivity index (χ1n) is 3.53. The molecule has 2 aliphatic rings. The molecule has 0 saturated carbocycles. The molecule has 11 heavy (non-hydrogen) atoms. The highest BCUT2D eigenvalue weighted by Gasteiger charge is 2.30. The minimum atomic E-state index is -0.534. The average molecular weight is 165 g/mol. The second kappa shape index (κ2) is 2.72. The van der Waals surface area contributed by atoms with Crippen LogP contribution in [-0.4, -0.2) is 10.3 Å². The summed E-state index contributed by atoms with van der Waals surface area (Å²) < 4.78 is 9.49. The maximum atomic E-state index is 9.49. The average Bonchev–Trinajstić information content (AvgIpc) is 2.25. The van der Waals surface area contributed by atoms with E-state index < -0.39 is 11.2 Å². The Morgan fingerprint density at radius 2 is 2.18 bits per heavy atom. The molecule has 1 nitrogen and oxygen atoms in total. The van der Waals surface area contributed by atoms with E-state index in [9.17, 15) is 4.55 Å². The Bertz CT molecular complexity index is 284. The highest BCUT2D eigenvalue weighted by molar-refractivity contribution is 7.96. The number of hydrogen-bond acceptors (Lipinski definition) is 1. The number of fused-ring (bicyclic) bond motifs is 1. The van der Waals surface area contributed by atoms with Gasteiger partial charge < -0.3 is 0 Å². The maximum Gasteiger partial charge on any atom is 0.197 e. The number of hydrogen-bond donors (Lipinski definition) is 1. The predicted octanol–water partition coefficient (Wildman–Crippen LogP) is 2.03. The molecule has 1 atom stereocenters. The molecule has 0 amide bonds. The molecule has 1 heterocycles. The normalized spacial score (nSPS) is 27.5. The molecular formula is C9H9OS+. The quantitative estimate of drug-likeness (QED) is 0.544. The van der Waals surface area contributed by atoms with Crippen LogP contribution in [0.25, 0.3) is 0 Å². The van der Waals surface area contributed by atoms with E-state index in [1.807, 2.05) is 30.4 Å². The Kier molecular flexibility index (Phi) is 1.72. The molecule has 2 rings (SSSR count). The molecule has 0 aromatic carbocycles. The lowest BCUT2D eigenvalue weighted by molar-refractivity contribution is 0.650. The van der Waals surface area contributed by atoms with Crippen molar-refractivity contribution in [2.45, 2.75) is 0 Å². The zero-order chi connectivity index (χ0) is 7.68. The zero-order valence-corrected chi connectivity index (χ0v) is 6.84. The van der Waals surface area contributed by atoms with E-state index >= 15 is 0 Å². The van der Waals surface area contributed by atoms with Gasteiger partial charge >= 0.3 is 0 Å². The molecule has 0 saturated heterocycles. The van der Waals surface area contributed by atoms with Crippen LogP contribution in [0.4, 0.5) is 0 Å². The zero-order valence-electron chi connectivity index (χ0n) is 6.03. The van der Waals surface area contributed by atoms with Gasteiger partial charge in [-0.05, 0) is 18.2 Å². The summed E-state index contributed by atoms with van der Waals surface area (Å²) in [5, 5.41) is 0. The smallest absolute Gasteiger partial charge is 0.181 e. The van der Waals surface area contributed by atoms with E-state index in [2.05, 4.69) is 6.08 Å². The molecule has 0 fully saturated rings. The van der Waals surface area contributed by atoms with Gasteiger partial charge in [-0.1, -0.05) is 18.2 Å². The lowest BCUT2D eigenvalue weighted by Crippen LogP contribution is -1.99. The highest BCUT2D eigenvalue weighted by Crippen LogP contribution is 2.27. The Labute approximate surface area is 69.0 Å². The lowest BCUT2D eigenvalue weighted by Gasteiger charge is -1.91. The third-order valence-electron chi connectivity index (χ3n) is 1.75. The molecule has 1 N–H and O–H groups in total. The second-order valence-electron chi connectivity index (χ2n) is 2.47. The molecule has 0 aromatic heterocycles. The minimum Gasteiger partial charge on any atom is -0.181 e. The molecule has 1 aliphatic heterocycles. The van der Waals surface area contributed by atoms with Crippen molar-refractivity contribution >= 4 is 11.2 Å². The van der Waals surface area contributed by atoms with E-state index in [1.54, 1.807) is 0 Å². The van der Waals surface area contributed by atoms with Gasteiger partial charge in [-0.2, -0.15) is 4.55 Å². The molecule has 2 heteroatoms. The van der Waals surface area contributed by atoms with Crippen molar-refractivity contribution in [2.75, 3.05) is 5.75 Å². The van der Waals surface area contributed by atoms with Gasteiger partial charge in [-0.15, -0.1) is 0 Å². The lowest BCUT2D eigenvalue weighted by atomic mass is 10.2. The van der Waals surface area contributed by atoms with Crippen LogP contribution in [-0.2, 0) is 11.2 Å². The van der Waals surface area contributed by atoms with Gasteiger partial charge in [-0.25, -0.2) is 0 Å². The van der Waals surface area contributed by atoms with E-state index in [0.717, 1.165) is 10.7 Å². The van der Waals surface area contributed by atoms with Crippen LogP contribution < -0.4 is 0 Å². The van der Waals surface area contributed by atoms with Gasteiger partial charge in [-0.3, -0.25) is 0 Å². The van der Waals surface area contributed by atoms with E-state index in [1.165, 1.54) is 5.57 Å². The Morgan fingerprint density at radius 1 is 1.27 bits per heavy atom. The molecular weight excluding hydrogens is 156 g/mol. The van der Waals surface area contributed by atoms with Crippen LogP contribution in [0.3, 0.4) is 0 Å². The van der Waals surface area contributed by atoms with Crippen LogP contribution in [0.15, 0.2) is 46.9 Å². The number of allylic oxidation sites excluding steroid dienone is 6. The van der Waals surface area contributed by atoms with Gasteiger partial charge in [0.05, 0.1) is 0 Å². The Balaban J connectivity index is 2.41. The highest BCUT2D eigenvalue weighted by atomic mass is 32.2. The fourth-order valence-electron chi connectivity index (χ4n) is 1.19. The standard InChI is InChI=1S/C9H9OS/c10-11-7-6-8-4-2-1-3-5-9(8)11/h1-6,10H,7H2/q+1. The molecule has 0 bridgehead atoms. The molecule has 0 spiro atoms. The SMILES string of the molecule is O[S+]1CC=C2C=CC=CC=C21. The fourth-order valence-corrected chi connectivity index (χ4v) is 2.36. The van der Waals surface area contributed by atoms with Crippen molar-refractivity contribution in [3.05, 3.63) is 46.9 Å². The third-order valence-corrected chi connectivity index (χ3v) is 3.11. The minimum absolute atomic E-state index is 0.534. The van der Waals surface area contributed by atoms with Crippen molar-refractivity contribution in [3.8, 4) is 0 Å². The Hall–Kier alpha value is -0.730. The van der Waals surface area contributed by atoms with E-state index in [0.29, 0.717) is 0 Å². The van der Waals surface area contributed by atoms with Crippen molar-refractivity contribution in [1.29, 1.82) is 0 Å². The first-order valence-corrected chi connectivity index (χ1v) is 4.88. The van der Waals surface area contributed by atoms with Crippen LogP contribution in [0.2, 0.25) is 0 Å². The van der Waals surface area contributed by atoms with Gasteiger partial charge in [0.1, 0.15) is 0 Å². The summed E-state index contributed by atoms with van der Waals surface area (Å²) in [6, 6.07) is 0. The predicted molar refractivity (Wildman–Crippen MR) is 49.3 cm³/mol. The first-order chi connectivity index (χ1) is 5.38. The first kappa shape index (κ1) is 6.95. The maximum absolute atomic E-state index is 9.49. The molecule has 1 aliphatic carbocycles. The summed E-state index contributed by atoms with van der Waals surface area (Å²) >= 11 is -0.534. The third kappa shape index (κ3) is 1.19. The van der Waals surface area contributed by atoms with Gasteiger partial charge in [0.25, 0.3) is 0 Å². The largest absolute Gasteiger partial charge is 0.197 e. The fraction of sp³-hybridized carbons (Fsp3) is 0.111. The van der Waals surface area contributed by atoms with Crippen LogP contribution in [0, 0.1) is 0 Å². The second-order valence-corrected chi connectivity index (χ2v) is 3.97. The number of rotatable bonds is 0. The van der Waals surface area contributed by atoms with Crippen molar-refractivity contribution in [2.24, 2.45) is 0 Å². The van der Waals surface area contributed by atoms with Crippen LogP contribution in [0.5, 0.6) is 0 Å². The summed E-state index contributed by atoms with van der Waals surface area (Å²) in [6.07, 6.45) is 12.0. The summed E-state index contributed by atoms with van der Waals surface area (Å²) in [5.41, 5.74) is 1.18. The monoisotopic (exact) mass is 165 g/mol. The summed E-state index contributed by atoms with van der Waals surface area (Å²) in [7, 11) is 0. The Morgan fingerprint density at radius 3 is 3.09 bits per heavy atom. The van der Waals surface area contributed by atoms with Crippen LogP contribution >= 0.6 is 0 Å². The van der Waals surface area contributed by atoms with Crippen molar-refractivity contribution < 1.29 is 4.55 Å². The molecule has 0 radical (unpaired) electrons. The van der Waals surface area contributed by atoms with E-state index in [-0.39, 0.29) is 0 Å². The molecule has 0 aromatic rings. The van der Waals surface area contributed by atoms with E-state index in [4.69, 9.17) is 0 Å². The summed E-state index contributed by atoms with van der Waals surface area (Å²) in [6.45, 7) is 0. The van der Waals surface area contributed by atoms with Gasteiger partial charge in [0, 0.05) is 5.57 Å². The molecule has 1 unspecified atom stereocenters. The molecule has 56 valence electrons. The van der Waals surface area contributed by atoms with Gasteiger partial charge in [0.15, 0.2) is 21.8 Å². The van der Waals surface area contributed by atoms with Crippen molar-refractivity contribution in [1.82, 2.24) is 0 Å². The van der Waals surface area contributed by atoms with Crippen LogP contribution in [0.1, 0.15) is 0 Å². The topological polar surface area (TPSA) is 20.2 Å². The van der Waals surface area contributed by atoms with Crippen molar-refractivity contribution in [3.63, 3.8) is 0 Å². The van der Waals surface area contributed by atoms with Gasteiger partial charge in [0.2, 0.25) is 0 Å². The summed E-state index contributed by atoms with van der Waals surface area (Å²) in [4.78, 5) is 1.08. The summed E-state index contributed by atoms with van der Waals surface area (Å²) in [5.74, 6) is 0.791.